The fraction of sp³-hybridized carbons (Fsp3) is 0.217. The third-order valence-corrected chi connectivity index (χ3v) is 4.71. The number of nitro benzene ring substituents is 1. The third kappa shape index (κ3) is 4.36. The first-order valence-electron chi connectivity index (χ1n) is 9.66. The zero-order valence-corrected chi connectivity index (χ0v) is 18.1. The number of fused-ring (bicyclic) bond motifs is 1. The van der Waals surface area contributed by atoms with Crippen molar-refractivity contribution >= 4 is 34.3 Å². The van der Waals surface area contributed by atoms with E-state index in [1.54, 1.807) is 26.8 Å². The van der Waals surface area contributed by atoms with Gasteiger partial charge in [0.05, 0.1) is 21.6 Å². The number of nitro groups is 1. The van der Waals surface area contributed by atoms with E-state index in [9.17, 15) is 24.1 Å². The molecule has 0 atom stereocenters. The monoisotopic (exact) mass is 439 g/mol. The van der Waals surface area contributed by atoms with Crippen molar-refractivity contribution in [2.45, 2.75) is 26.4 Å². The van der Waals surface area contributed by atoms with Gasteiger partial charge in [-0.1, -0.05) is 12.7 Å². The van der Waals surface area contributed by atoms with Gasteiger partial charge in [-0.15, -0.1) is 0 Å². The number of benzene rings is 2. The lowest BCUT2D eigenvalue weighted by Gasteiger charge is -2.25. The predicted octanol–water partition coefficient (Wildman–Crippen LogP) is 5.05. The Balaban J connectivity index is 2.08. The molecule has 8 nitrogen and oxygen atoms in total. The van der Waals surface area contributed by atoms with Crippen LogP contribution in [0.4, 0.5) is 20.6 Å². The molecule has 3 rings (SSSR count). The highest BCUT2D eigenvalue weighted by atomic mass is 19.1. The Morgan fingerprint density at radius 1 is 1.25 bits per heavy atom. The van der Waals surface area contributed by atoms with E-state index in [0.29, 0.717) is 11.1 Å². The van der Waals surface area contributed by atoms with Gasteiger partial charge >= 0.3 is 6.09 Å². The van der Waals surface area contributed by atoms with Gasteiger partial charge in [-0.3, -0.25) is 24.4 Å². The molecule has 0 aliphatic carbocycles. The van der Waals surface area contributed by atoms with Crippen LogP contribution in [-0.2, 0) is 4.74 Å². The van der Waals surface area contributed by atoms with Gasteiger partial charge < -0.3 is 4.74 Å². The van der Waals surface area contributed by atoms with Gasteiger partial charge in [-0.05, 0) is 56.5 Å². The van der Waals surface area contributed by atoms with Gasteiger partial charge in [0.1, 0.15) is 11.4 Å². The van der Waals surface area contributed by atoms with Crippen LogP contribution in [0.25, 0.3) is 22.5 Å². The minimum absolute atomic E-state index is 0.0341. The molecule has 1 amide bonds. The van der Waals surface area contributed by atoms with Gasteiger partial charge in [0.2, 0.25) is 0 Å². The molecule has 2 aromatic carbocycles. The number of carbonyl (C=O) groups is 1. The average Bonchev–Trinajstić information content (AvgIpc) is 2.71. The van der Waals surface area contributed by atoms with Crippen LogP contribution < -0.4 is 10.5 Å². The maximum Gasteiger partial charge on any atom is 0.414 e. The molecular weight excluding hydrogens is 417 g/mol. The summed E-state index contributed by atoms with van der Waals surface area (Å²) in [6, 6.07) is 8.22. The van der Waals surface area contributed by atoms with E-state index in [4.69, 9.17) is 4.74 Å². The van der Waals surface area contributed by atoms with E-state index in [1.807, 2.05) is 0 Å². The molecule has 0 unspecified atom stereocenters. The van der Waals surface area contributed by atoms with Gasteiger partial charge in [-0.2, -0.15) is 0 Å². The number of halogens is 1. The van der Waals surface area contributed by atoms with Crippen LogP contribution in [0.15, 0.2) is 54.0 Å². The summed E-state index contributed by atoms with van der Waals surface area (Å²) in [4.78, 5) is 37.0. The number of hydrogen-bond acceptors (Lipinski definition) is 5. The van der Waals surface area contributed by atoms with Crippen molar-refractivity contribution < 1.29 is 18.8 Å². The maximum absolute atomic E-state index is 14.9. The number of amides is 1. The number of carbonyl (C=O) groups excluding carboxylic acids is 1. The Bertz CT molecular complexity index is 1310. The molecule has 3 aromatic rings. The summed E-state index contributed by atoms with van der Waals surface area (Å²) >= 11 is 0. The van der Waals surface area contributed by atoms with Crippen molar-refractivity contribution in [3.05, 3.63) is 81.0 Å². The van der Waals surface area contributed by atoms with Crippen LogP contribution in [0.3, 0.4) is 0 Å². The summed E-state index contributed by atoms with van der Waals surface area (Å²) in [6.07, 6.45) is 2.08. The Morgan fingerprint density at radius 3 is 2.53 bits per heavy atom. The molecule has 0 bridgehead atoms. The lowest BCUT2D eigenvalue weighted by molar-refractivity contribution is -0.385. The highest BCUT2D eigenvalue weighted by Gasteiger charge is 2.23. The molecule has 0 aliphatic rings. The molecule has 0 saturated heterocycles. The number of pyridine rings is 1. The lowest BCUT2D eigenvalue weighted by atomic mass is 10.1. The van der Waals surface area contributed by atoms with E-state index < -0.39 is 28.0 Å². The zero-order chi connectivity index (χ0) is 23.8. The molecular formula is C23H22FN3O5. The van der Waals surface area contributed by atoms with Crippen LogP contribution in [0, 0.1) is 15.9 Å². The maximum atomic E-state index is 14.9. The highest BCUT2D eigenvalue weighted by Crippen LogP contribution is 2.27. The highest BCUT2D eigenvalue weighted by molar-refractivity contribution is 5.92. The topological polar surface area (TPSA) is 94.7 Å². The number of rotatable bonds is 4. The Morgan fingerprint density at radius 2 is 1.94 bits per heavy atom. The predicted molar refractivity (Wildman–Crippen MR) is 121 cm³/mol. The van der Waals surface area contributed by atoms with Crippen molar-refractivity contribution in [1.29, 1.82) is 0 Å². The average molecular weight is 439 g/mol. The fourth-order valence-corrected chi connectivity index (χ4v) is 3.16. The van der Waals surface area contributed by atoms with Gasteiger partial charge in [-0.25, -0.2) is 9.18 Å². The Kier molecular flexibility index (Phi) is 5.85. The summed E-state index contributed by atoms with van der Waals surface area (Å²) in [7, 11) is 1.38. The molecule has 0 spiro atoms. The second-order valence-corrected chi connectivity index (χ2v) is 8.13. The SMILES string of the molecule is C=Cc1cc(-n2ccc3cc(N(C)C(=O)OC(C)(C)C)c(F)cc3c2=O)ccc1[N+](=O)[O-]. The largest absolute Gasteiger partial charge is 0.443 e. The van der Waals surface area contributed by atoms with Gasteiger partial charge in [0.25, 0.3) is 11.2 Å². The van der Waals surface area contributed by atoms with Crippen LogP contribution >= 0.6 is 0 Å². The van der Waals surface area contributed by atoms with Crippen molar-refractivity contribution in [2.24, 2.45) is 0 Å². The standard InChI is InChI=1S/C23H22FN3O5/c1-6-14-11-16(7-8-19(14)27(30)31)26-10-9-15-12-20(18(24)13-17(15)21(26)28)25(5)22(29)32-23(2,3)4/h6-13H,1H2,2-5H3. The molecule has 0 N–H and O–H groups in total. The first-order valence-corrected chi connectivity index (χ1v) is 9.66. The first-order chi connectivity index (χ1) is 14.9. The summed E-state index contributed by atoms with van der Waals surface area (Å²) in [5, 5.41) is 11.6. The Hall–Kier alpha value is -4.01. The normalized spacial score (nSPS) is 11.3. The lowest BCUT2D eigenvalue weighted by Crippen LogP contribution is -2.34. The van der Waals surface area contributed by atoms with E-state index in [1.165, 1.54) is 48.2 Å². The van der Waals surface area contributed by atoms with Gasteiger partial charge in [0.15, 0.2) is 0 Å². The van der Waals surface area contributed by atoms with E-state index >= 15 is 0 Å². The quantitative estimate of drug-likeness (QED) is 0.419. The smallest absolute Gasteiger partial charge is 0.414 e. The van der Waals surface area contributed by atoms with E-state index in [0.717, 1.165) is 11.0 Å². The second kappa shape index (κ2) is 8.26. The van der Waals surface area contributed by atoms with Crippen LogP contribution in [0.5, 0.6) is 0 Å². The number of nitrogens with zero attached hydrogens (tertiary/aromatic N) is 3. The molecule has 166 valence electrons. The number of aromatic nitrogens is 1. The summed E-state index contributed by atoms with van der Waals surface area (Å²) < 4.78 is 21.4. The molecule has 0 fully saturated rings. The molecule has 0 saturated carbocycles. The zero-order valence-electron chi connectivity index (χ0n) is 18.1. The Labute approximate surface area is 183 Å². The summed E-state index contributed by atoms with van der Waals surface area (Å²) in [6.45, 7) is 8.68. The minimum atomic E-state index is -0.767. The fourth-order valence-electron chi connectivity index (χ4n) is 3.16. The van der Waals surface area contributed by atoms with Crippen molar-refractivity contribution in [1.82, 2.24) is 4.57 Å². The second-order valence-electron chi connectivity index (χ2n) is 8.13. The van der Waals surface area contributed by atoms with Crippen molar-refractivity contribution in [2.75, 3.05) is 11.9 Å². The van der Waals surface area contributed by atoms with Gasteiger partial charge in [0, 0.05) is 25.0 Å². The molecule has 1 aromatic heterocycles. The molecule has 9 heteroatoms. The first kappa shape index (κ1) is 22.7. The minimum Gasteiger partial charge on any atom is -0.443 e. The van der Waals surface area contributed by atoms with E-state index in [-0.39, 0.29) is 22.3 Å². The summed E-state index contributed by atoms with van der Waals surface area (Å²) in [5.41, 5.74) is -0.822. The molecule has 0 aliphatic heterocycles. The van der Waals surface area contributed by atoms with Crippen molar-refractivity contribution in [3.63, 3.8) is 0 Å². The van der Waals surface area contributed by atoms with E-state index in [2.05, 4.69) is 6.58 Å². The number of ether oxygens (including phenoxy) is 1. The molecule has 0 radical (unpaired) electrons. The molecule has 1 heterocycles. The number of hydrogen-bond donors (Lipinski definition) is 0. The third-order valence-electron chi connectivity index (χ3n) is 4.71. The van der Waals surface area contributed by atoms with Crippen molar-refractivity contribution in [3.8, 4) is 5.69 Å². The molecule has 32 heavy (non-hydrogen) atoms. The van der Waals surface area contributed by atoms with Crippen LogP contribution in [0.1, 0.15) is 26.3 Å². The number of anilines is 1. The van der Waals surface area contributed by atoms with Crippen LogP contribution in [-0.4, -0.2) is 28.2 Å². The van der Waals surface area contributed by atoms with Crippen LogP contribution in [0.2, 0.25) is 0 Å². The summed E-state index contributed by atoms with van der Waals surface area (Å²) in [5.74, 6) is -0.767.